The van der Waals surface area contributed by atoms with Crippen molar-refractivity contribution in [3.8, 4) is 0 Å². The van der Waals surface area contributed by atoms with E-state index < -0.39 is 5.97 Å². The molecule has 0 bridgehead atoms. The molecule has 13 heavy (non-hydrogen) atoms. The number of carboxylic acids is 1. The maximum absolute atomic E-state index is 10.4. The number of nitrogens with zero attached hydrogens (tertiary/aromatic N) is 1. The summed E-state index contributed by atoms with van der Waals surface area (Å²) in [7, 11) is 0. The van der Waals surface area contributed by atoms with Crippen molar-refractivity contribution in [2.24, 2.45) is 11.8 Å². The zero-order valence-corrected chi connectivity index (χ0v) is 8.49. The van der Waals surface area contributed by atoms with Crippen LogP contribution < -0.4 is 0 Å². The summed E-state index contributed by atoms with van der Waals surface area (Å²) in [6.45, 7) is 7.33. The Morgan fingerprint density at radius 1 is 1.38 bits per heavy atom. The third-order valence-corrected chi connectivity index (χ3v) is 2.59. The van der Waals surface area contributed by atoms with Gasteiger partial charge in [-0.2, -0.15) is 0 Å². The molecule has 0 radical (unpaired) electrons. The minimum absolute atomic E-state index is 0.277. The van der Waals surface area contributed by atoms with E-state index in [1.807, 2.05) is 0 Å². The molecule has 1 saturated heterocycles. The van der Waals surface area contributed by atoms with Gasteiger partial charge in [-0.15, -0.1) is 0 Å². The van der Waals surface area contributed by atoms with E-state index >= 15 is 0 Å². The number of hydrogen-bond acceptors (Lipinski definition) is 2. The summed E-state index contributed by atoms with van der Waals surface area (Å²) in [6, 6.07) is 0. The van der Waals surface area contributed by atoms with Crippen LogP contribution in [0.1, 0.15) is 26.7 Å². The number of aliphatic carboxylic acids is 1. The molecular formula is C10H19NO2. The molecule has 0 aromatic carbocycles. The van der Waals surface area contributed by atoms with Crippen LogP contribution in [0, 0.1) is 11.8 Å². The van der Waals surface area contributed by atoms with Crippen molar-refractivity contribution in [3.63, 3.8) is 0 Å². The van der Waals surface area contributed by atoms with Gasteiger partial charge in [0.15, 0.2) is 0 Å². The third kappa shape index (κ3) is 3.77. The SMILES string of the molecule is CC1CC(C)CN(CCC(=O)O)C1. The first-order valence-electron chi connectivity index (χ1n) is 5.02. The van der Waals surface area contributed by atoms with E-state index in [2.05, 4.69) is 18.7 Å². The predicted molar refractivity (Wildman–Crippen MR) is 51.6 cm³/mol. The fourth-order valence-corrected chi connectivity index (χ4v) is 2.23. The van der Waals surface area contributed by atoms with Crippen LogP contribution in [0.4, 0.5) is 0 Å². The van der Waals surface area contributed by atoms with Gasteiger partial charge < -0.3 is 10.0 Å². The van der Waals surface area contributed by atoms with E-state index in [1.165, 1.54) is 6.42 Å². The van der Waals surface area contributed by atoms with E-state index in [0.29, 0.717) is 6.54 Å². The summed E-state index contributed by atoms with van der Waals surface area (Å²) in [4.78, 5) is 12.6. The monoisotopic (exact) mass is 185 g/mol. The molecule has 3 nitrogen and oxygen atoms in total. The van der Waals surface area contributed by atoms with Gasteiger partial charge in [0.1, 0.15) is 0 Å². The lowest BCUT2D eigenvalue weighted by Crippen LogP contribution is -2.39. The number of carboxylic acid groups (broad SMARTS) is 1. The smallest absolute Gasteiger partial charge is 0.304 e. The van der Waals surface area contributed by atoms with Crippen LogP contribution in [0.2, 0.25) is 0 Å². The van der Waals surface area contributed by atoms with Gasteiger partial charge in [-0.05, 0) is 18.3 Å². The summed E-state index contributed by atoms with van der Waals surface area (Å²) in [5.74, 6) is 0.751. The lowest BCUT2D eigenvalue weighted by atomic mass is 9.92. The van der Waals surface area contributed by atoms with Gasteiger partial charge in [0.2, 0.25) is 0 Å². The standard InChI is InChI=1S/C10H19NO2/c1-8-5-9(2)7-11(6-8)4-3-10(12)13/h8-9H,3-7H2,1-2H3,(H,12,13). The van der Waals surface area contributed by atoms with Gasteiger partial charge in [0, 0.05) is 19.6 Å². The molecular weight excluding hydrogens is 166 g/mol. The van der Waals surface area contributed by atoms with Gasteiger partial charge in [0.25, 0.3) is 0 Å². The Balaban J connectivity index is 2.28. The van der Waals surface area contributed by atoms with E-state index in [9.17, 15) is 4.79 Å². The topological polar surface area (TPSA) is 40.5 Å². The second-order valence-electron chi connectivity index (χ2n) is 4.35. The van der Waals surface area contributed by atoms with Gasteiger partial charge >= 0.3 is 5.97 Å². The molecule has 1 N–H and O–H groups in total. The second kappa shape index (κ2) is 4.61. The Kier molecular flexibility index (Phi) is 3.72. The molecule has 3 heteroatoms. The predicted octanol–water partition coefficient (Wildman–Crippen LogP) is 1.44. The molecule has 1 fully saturated rings. The van der Waals surface area contributed by atoms with Gasteiger partial charge in [-0.25, -0.2) is 0 Å². The Morgan fingerprint density at radius 2 is 1.92 bits per heavy atom. The van der Waals surface area contributed by atoms with Crippen molar-refractivity contribution in [2.45, 2.75) is 26.7 Å². The molecule has 0 saturated carbocycles. The van der Waals surface area contributed by atoms with E-state index in [-0.39, 0.29) is 6.42 Å². The van der Waals surface area contributed by atoms with E-state index in [1.54, 1.807) is 0 Å². The maximum atomic E-state index is 10.4. The minimum Gasteiger partial charge on any atom is -0.481 e. The van der Waals surface area contributed by atoms with E-state index in [4.69, 9.17) is 5.11 Å². The average molecular weight is 185 g/mol. The largest absolute Gasteiger partial charge is 0.481 e. The zero-order chi connectivity index (χ0) is 9.84. The van der Waals surface area contributed by atoms with E-state index in [0.717, 1.165) is 24.9 Å². The van der Waals surface area contributed by atoms with Crippen LogP contribution in [-0.2, 0) is 4.79 Å². The van der Waals surface area contributed by atoms with Crippen LogP contribution in [0.5, 0.6) is 0 Å². The Morgan fingerprint density at radius 3 is 2.38 bits per heavy atom. The summed E-state index contributed by atoms with van der Waals surface area (Å²) in [5, 5.41) is 8.55. The number of rotatable bonds is 3. The van der Waals surface area contributed by atoms with Crippen molar-refractivity contribution < 1.29 is 9.90 Å². The summed E-state index contributed by atoms with van der Waals surface area (Å²) in [5.41, 5.74) is 0. The molecule has 2 unspecified atom stereocenters. The molecule has 0 aliphatic carbocycles. The van der Waals surface area contributed by atoms with Crippen molar-refractivity contribution in [2.75, 3.05) is 19.6 Å². The number of carbonyl (C=O) groups is 1. The normalized spacial score (nSPS) is 30.3. The second-order valence-corrected chi connectivity index (χ2v) is 4.35. The van der Waals surface area contributed by atoms with Gasteiger partial charge in [-0.3, -0.25) is 4.79 Å². The Hall–Kier alpha value is -0.570. The van der Waals surface area contributed by atoms with Crippen molar-refractivity contribution in [3.05, 3.63) is 0 Å². The van der Waals surface area contributed by atoms with Crippen LogP contribution in [0.3, 0.4) is 0 Å². The molecule has 0 aromatic heterocycles. The molecule has 76 valence electrons. The third-order valence-electron chi connectivity index (χ3n) is 2.59. The number of piperidine rings is 1. The molecule has 0 amide bonds. The van der Waals surface area contributed by atoms with Crippen molar-refractivity contribution >= 4 is 5.97 Å². The van der Waals surface area contributed by atoms with Gasteiger partial charge in [-0.1, -0.05) is 13.8 Å². The highest BCUT2D eigenvalue weighted by molar-refractivity contribution is 5.66. The molecule has 1 heterocycles. The summed E-state index contributed by atoms with van der Waals surface area (Å²) < 4.78 is 0. The molecule has 1 aliphatic heterocycles. The maximum Gasteiger partial charge on any atom is 0.304 e. The molecule has 0 spiro atoms. The van der Waals surface area contributed by atoms with Crippen LogP contribution >= 0.6 is 0 Å². The highest BCUT2D eigenvalue weighted by atomic mass is 16.4. The lowest BCUT2D eigenvalue weighted by molar-refractivity contribution is -0.137. The Bertz CT molecular complexity index is 172. The fourth-order valence-electron chi connectivity index (χ4n) is 2.23. The summed E-state index contributed by atoms with van der Waals surface area (Å²) >= 11 is 0. The first kappa shape index (κ1) is 10.5. The van der Waals surface area contributed by atoms with Crippen LogP contribution in [0.15, 0.2) is 0 Å². The lowest BCUT2D eigenvalue weighted by Gasteiger charge is -2.34. The first-order valence-corrected chi connectivity index (χ1v) is 5.02. The molecule has 0 aromatic rings. The average Bonchev–Trinajstić information content (AvgIpc) is 1.99. The summed E-state index contributed by atoms with van der Waals surface area (Å²) in [6.07, 6.45) is 1.56. The first-order chi connectivity index (χ1) is 6.08. The minimum atomic E-state index is -0.689. The van der Waals surface area contributed by atoms with Crippen LogP contribution in [-0.4, -0.2) is 35.6 Å². The number of likely N-dealkylation sites (tertiary alicyclic amines) is 1. The van der Waals surface area contributed by atoms with Gasteiger partial charge in [0.05, 0.1) is 6.42 Å². The molecule has 2 atom stereocenters. The fraction of sp³-hybridized carbons (Fsp3) is 0.900. The zero-order valence-electron chi connectivity index (χ0n) is 8.49. The highest BCUT2D eigenvalue weighted by Gasteiger charge is 2.21. The molecule has 1 aliphatic rings. The Labute approximate surface area is 79.7 Å². The number of hydrogen-bond donors (Lipinski definition) is 1. The highest BCUT2D eigenvalue weighted by Crippen LogP contribution is 2.20. The van der Waals surface area contributed by atoms with Crippen molar-refractivity contribution in [1.29, 1.82) is 0 Å². The van der Waals surface area contributed by atoms with Crippen molar-refractivity contribution in [1.82, 2.24) is 4.90 Å². The van der Waals surface area contributed by atoms with Crippen LogP contribution in [0.25, 0.3) is 0 Å². The molecule has 1 rings (SSSR count). The quantitative estimate of drug-likeness (QED) is 0.723.